The molecule has 0 aromatic carbocycles. The fourth-order valence-corrected chi connectivity index (χ4v) is 4.67. The van der Waals surface area contributed by atoms with E-state index in [4.69, 9.17) is 5.11 Å². The molecule has 19 heavy (non-hydrogen) atoms. The number of nitrogens with zero attached hydrogens (tertiary/aromatic N) is 2. The van der Waals surface area contributed by atoms with Crippen LogP contribution in [0.2, 0.25) is 0 Å². The Morgan fingerprint density at radius 1 is 1.32 bits per heavy atom. The third-order valence-electron chi connectivity index (χ3n) is 3.97. The van der Waals surface area contributed by atoms with Gasteiger partial charge in [0.2, 0.25) is 0 Å². The molecule has 0 radical (unpaired) electrons. The lowest BCUT2D eigenvalue weighted by molar-refractivity contribution is -0.138. The van der Waals surface area contributed by atoms with Crippen LogP contribution in [0.25, 0.3) is 0 Å². The SMILES string of the molecule is O=C(O)CN(CCN1CCCC1)C1CCS(=O)(=O)C1. The van der Waals surface area contributed by atoms with Crippen LogP contribution in [0, 0.1) is 0 Å². The number of sulfone groups is 1. The van der Waals surface area contributed by atoms with E-state index in [2.05, 4.69) is 4.90 Å². The van der Waals surface area contributed by atoms with Gasteiger partial charge in [-0.2, -0.15) is 0 Å². The van der Waals surface area contributed by atoms with Crippen molar-refractivity contribution in [2.45, 2.75) is 25.3 Å². The molecule has 2 heterocycles. The Morgan fingerprint density at radius 3 is 2.53 bits per heavy atom. The normalized spacial score (nSPS) is 27.1. The summed E-state index contributed by atoms with van der Waals surface area (Å²) >= 11 is 0. The van der Waals surface area contributed by atoms with Crippen molar-refractivity contribution in [3.05, 3.63) is 0 Å². The minimum atomic E-state index is -2.96. The van der Waals surface area contributed by atoms with E-state index in [0.717, 1.165) is 19.6 Å². The number of carboxylic acids is 1. The van der Waals surface area contributed by atoms with E-state index >= 15 is 0 Å². The third-order valence-corrected chi connectivity index (χ3v) is 5.72. The van der Waals surface area contributed by atoms with Crippen molar-refractivity contribution in [3.8, 4) is 0 Å². The van der Waals surface area contributed by atoms with Crippen LogP contribution in [0.3, 0.4) is 0 Å². The predicted octanol–water partition coefficient (Wildman–Crippen LogP) is -0.344. The van der Waals surface area contributed by atoms with Crippen LogP contribution in [0.4, 0.5) is 0 Å². The van der Waals surface area contributed by atoms with Crippen LogP contribution in [0.5, 0.6) is 0 Å². The summed E-state index contributed by atoms with van der Waals surface area (Å²) in [6.07, 6.45) is 2.98. The van der Waals surface area contributed by atoms with Crippen LogP contribution >= 0.6 is 0 Å². The molecule has 0 spiro atoms. The van der Waals surface area contributed by atoms with Crippen LogP contribution in [-0.4, -0.2) is 79.6 Å². The second-order valence-corrected chi connectivity index (χ2v) is 7.70. The molecule has 2 aliphatic heterocycles. The van der Waals surface area contributed by atoms with Gasteiger partial charge in [-0.15, -0.1) is 0 Å². The van der Waals surface area contributed by atoms with Gasteiger partial charge in [0.15, 0.2) is 9.84 Å². The average molecular weight is 290 g/mol. The zero-order valence-corrected chi connectivity index (χ0v) is 11.9. The van der Waals surface area contributed by atoms with Crippen molar-refractivity contribution >= 4 is 15.8 Å². The number of likely N-dealkylation sites (tertiary alicyclic amines) is 1. The molecule has 2 rings (SSSR count). The fraction of sp³-hybridized carbons (Fsp3) is 0.917. The van der Waals surface area contributed by atoms with Crippen molar-refractivity contribution < 1.29 is 18.3 Å². The highest BCUT2D eigenvalue weighted by Crippen LogP contribution is 2.18. The van der Waals surface area contributed by atoms with Crippen LogP contribution in [-0.2, 0) is 14.6 Å². The highest BCUT2D eigenvalue weighted by atomic mass is 32.2. The van der Waals surface area contributed by atoms with Gasteiger partial charge in [-0.25, -0.2) is 8.42 Å². The zero-order chi connectivity index (χ0) is 13.9. The van der Waals surface area contributed by atoms with E-state index in [1.807, 2.05) is 4.90 Å². The second kappa shape index (κ2) is 6.19. The van der Waals surface area contributed by atoms with Gasteiger partial charge in [-0.3, -0.25) is 9.69 Å². The van der Waals surface area contributed by atoms with E-state index < -0.39 is 15.8 Å². The van der Waals surface area contributed by atoms with E-state index in [1.54, 1.807) is 0 Å². The number of hydrogen-bond donors (Lipinski definition) is 1. The first-order valence-corrected chi connectivity index (χ1v) is 8.67. The van der Waals surface area contributed by atoms with Crippen LogP contribution in [0.15, 0.2) is 0 Å². The molecule has 0 aromatic rings. The lowest BCUT2D eigenvalue weighted by Crippen LogP contribution is -2.44. The predicted molar refractivity (Wildman–Crippen MR) is 71.9 cm³/mol. The van der Waals surface area contributed by atoms with Crippen LogP contribution in [0.1, 0.15) is 19.3 Å². The van der Waals surface area contributed by atoms with Gasteiger partial charge in [0.25, 0.3) is 0 Å². The van der Waals surface area contributed by atoms with Gasteiger partial charge < -0.3 is 10.0 Å². The molecule has 0 aromatic heterocycles. The molecule has 0 saturated carbocycles. The monoisotopic (exact) mass is 290 g/mol. The summed E-state index contributed by atoms with van der Waals surface area (Å²) in [6, 6.07) is -0.122. The Labute approximate surface area is 114 Å². The Hall–Kier alpha value is -0.660. The molecule has 1 N–H and O–H groups in total. The molecule has 2 aliphatic rings. The summed E-state index contributed by atoms with van der Waals surface area (Å²) in [5.74, 6) is -0.580. The summed E-state index contributed by atoms with van der Waals surface area (Å²) < 4.78 is 23.0. The fourth-order valence-electron chi connectivity index (χ4n) is 2.90. The molecular formula is C12H22N2O4S. The van der Waals surface area contributed by atoms with Crippen LogP contribution < -0.4 is 0 Å². The van der Waals surface area contributed by atoms with Crippen molar-refractivity contribution in [2.24, 2.45) is 0 Å². The Kier molecular flexibility index (Phi) is 4.81. The molecule has 6 nitrogen and oxygen atoms in total. The number of hydrogen-bond acceptors (Lipinski definition) is 5. The standard InChI is InChI=1S/C12H22N2O4S/c15-12(16)9-14(7-6-13-4-1-2-5-13)11-3-8-19(17,18)10-11/h11H,1-10H2,(H,15,16). The molecule has 0 bridgehead atoms. The highest BCUT2D eigenvalue weighted by Gasteiger charge is 2.33. The molecule has 0 aliphatic carbocycles. The summed E-state index contributed by atoms with van der Waals surface area (Å²) in [7, 11) is -2.96. The van der Waals surface area contributed by atoms with Gasteiger partial charge in [-0.1, -0.05) is 0 Å². The maximum Gasteiger partial charge on any atom is 0.317 e. The molecule has 1 unspecified atom stereocenters. The minimum absolute atomic E-state index is 0.0615. The molecule has 110 valence electrons. The average Bonchev–Trinajstić information content (AvgIpc) is 2.93. The lowest BCUT2D eigenvalue weighted by Gasteiger charge is -2.28. The van der Waals surface area contributed by atoms with Gasteiger partial charge in [0, 0.05) is 19.1 Å². The summed E-state index contributed by atoms with van der Waals surface area (Å²) in [4.78, 5) is 15.1. The maximum atomic E-state index is 11.5. The number of carboxylic acid groups (broad SMARTS) is 1. The number of carbonyl (C=O) groups is 1. The largest absolute Gasteiger partial charge is 0.480 e. The summed E-state index contributed by atoms with van der Waals surface area (Å²) in [6.45, 7) is 3.57. The first-order chi connectivity index (χ1) is 8.96. The van der Waals surface area contributed by atoms with Crippen molar-refractivity contribution in [3.63, 3.8) is 0 Å². The number of aliphatic carboxylic acids is 1. The van der Waals surface area contributed by atoms with E-state index in [1.165, 1.54) is 12.8 Å². The van der Waals surface area contributed by atoms with Crippen molar-refractivity contribution in [1.82, 2.24) is 9.80 Å². The van der Waals surface area contributed by atoms with E-state index in [0.29, 0.717) is 13.0 Å². The lowest BCUT2D eigenvalue weighted by atomic mass is 10.2. The third kappa shape index (κ3) is 4.43. The zero-order valence-electron chi connectivity index (χ0n) is 11.1. The molecule has 7 heteroatoms. The van der Waals surface area contributed by atoms with E-state index in [-0.39, 0.29) is 24.1 Å². The maximum absolute atomic E-state index is 11.5. The van der Waals surface area contributed by atoms with Gasteiger partial charge in [0.1, 0.15) is 0 Å². The van der Waals surface area contributed by atoms with Gasteiger partial charge in [0.05, 0.1) is 18.1 Å². The molecule has 1 atom stereocenters. The van der Waals surface area contributed by atoms with Crippen molar-refractivity contribution in [2.75, 3.05) is 44.2 Å². The van der Waals surface area contributed by atoms with E-state index in [9.17, 15) is 13.2 Å². The highest BCUT2D eigenvalue weighted by molar-refractivity contribution is 7.91. The Morgan fingerprint density at radius 2 is 2.00 bits per heavy atom. The van der Waals surface area contributed by atoms with Gasteiger partial charge in [-0.05, 0) is 32.4 Å². The van der Waals surface area contributed by atoms with Gasteiger partial charge >= 0.3 is 5.97 Å². The minimum Gasteiger partial charge on any atom is -0.480 e. The topological polar surface area (TPSA) is 77.9 Å². The summed E-state index contributed by atoms with van der Waals surface area (Å²) in [5.41, 5.74) is 0. The molecule has 2 saturated heterocycles. The Balaban J connectivity index is 1.89. The molecular weight excluding hydrogens is 268 g/mol. The molecule has 2 fully saturated rings. The second-order valence-electron chi connectivity index (χ2n) is 5.47. The molecule has 0 amide bonds. The first-order valence-electron chi connectivity index (χ1n) is 6.85. The number of rotatable bonds is 6. The summed E-state index contributed by atoms with van der Waals surface area (Å²) in [5, 5.41) is 8.96. The quantitative estimate of drug-likeness (QED) is 0.721. The smallest absolute Gasteiger partial charge is 0.317 e. The van der Waals surface area contributed by atoms with Crippen molar-refractivity contribution in [1.29, 1.82) is 0 Å². The Bertz CT molecular complexity index is 417. The first kappa shape index (κ1) is 14.7.